The molecule has 1 aromatic rings. The van der Waals surface area contributed by atoms with E-state index in [1.54, 1.807) is 6.92 Å². The van der Waals surface area contributed by atoms with Gasteiger partial charge in [-0.25, -0.2) is 22.0 Å². The van der Waals surface area contributed by atoms with Crippen LogP contribution in [0.3, 0.4) is 0 Å². The van der Waals surface area contributed by atoms with Crippen molar-refractivity contribution in [1.82, 2.24) is 14.5 Å². The number of aryl methyl sites for hydroxylation is 1. The largest absolute Gasteiger partial charge is 0.281 e. The maximum atomic E-state index is 12.4. The van der Waals surface area contributed by atoms with Crippen LogP contribution in [-0.2, 0) is 20.0 Å². The van der Waals surface area contributed by atoms with E-state index in [2.05, 4.69) is 10.2 Å². The minimum Gasteiger partial charge on any atom is -0.281 e. The molecule has 2 heterocycles. The van der Waals surface area contributed by atoms with Gasteiger partial charge in [-0.1, -0.05) is 0 Å². The summed E-state index contributed by atoms with van der Waals surface area (Å²) in [5.74, 6) is 0. The molecule has 1 atom stereocenters. The summed E-state index contributed by atoms with van der Waals surface area (Å²) in [6, 6.07) is 0. The minimum atomic E-state index is -3.73. The molecular formula is C9H16N4O4S2. The van der Waals surface area contributed by atoms with Crippen molar-refractivity contribution >= 4 is 20.0 Å². The Balaban J connectivity index is 2.30. The van der Waals surface area contributed by atoms with Gasteiger partial charge < -0.3 is 0 Å². The van der Waals surface area contributed by atoms with Gasteiger partial charge in [0.2, 0.25) is 20.0 Å². The van der Waals surface area contributed by atoms with Gasteiger partial charge in [0, 0.05) is 13.1 Å². The summed E-state index contributed by atoms with van der Waals surface area (Å²) in [6.07, 6.45) is 2.08. The first-order chi connectivity index (χ1) is 8.73. The third kappa shape index (κ3) is 2.81. The topological polar surface area (TPSA) is 126 Å². The van der Waals surface area contributed by atoms with E-state index in [0.717, 1.165) is 4.31 Å². The van der Waals surface area contributed by atoms with E-state index >= 15 is 0 Å². The fraction of sp³-hybridized carbons (Fsp3) is 0.667. The van der Waals surface area contributed by atoms with Crippen LogP contribution in [0.1, 0.15) is 18.5 Å². The Labute approximate surface area is 112 Å². The first-order valence-corrected chi connectivity index (χ1v) is 8.79. The molecule has 1 aromatic heterocycles. The van der Waals surface area contributed by atoms with Gasteiger partial charge in [0.15, 0.2) is 0 Å². The number of nitrogens with one attached hydrogen (secondary N) is 1. The summed E-state index contributed by atoms with van der Waals surface area (Å²) >= 11 is 0. The number of sulfonamides is 2. The van der Waals surface area contributed by atoms with Crippen LogP contribution in [0.25, 0.3) is 0 Å². The van der Waals surface area contributed by atoms with Crippen molar-refractivity contribution in [3.8, 4) is 0 Å². The highest BCUT2D eigenvalue weighted by atomic mass is 32.2. The number of aromatic nitrogens is 2. The molecule has 0 aliphatic carbocycles. The Kier molecular flexibility index (Phi) is 3.69. The summed E-state index contributed by atoms with van der Waals surface area (Å²) < 4.78 is 48.6. The maximum Gasteiger partial charge on any atom is 0.246 e. The molecule has 1 saturated heterocycles. The van der Waals surface area contributed by atoms with Gasteiger partial charge in [0.1, 0.15) is 4.90 Å². The fourth-order valence-electron chi connectivity index (χ4n) is 2.13. The lowest BCUT2D eigenvalue weighted by atomic mass is 10.2. The van der Waals surface area contributed by atoms with E-state index in [1.807, 2.05) is 0 Å². The molecule has 1 fully saturated rings. The monoisotopic (exact) mass is 308 g/mol. The molecule has 3 N–H and O–H groups in total. The van der Waals surface area contributed by atoms with Crippen molar-refractivity contribution in [2.75, 3.05) is 13.1 Å². The zero-order chi connectivity index (χ0) is 14.3. The Morgan fingerprint density at radius 3 is 2.63 bits per heavy atom. The first-order valence-electron chi connectivity index (χ1n) is 5.74. The standard InChI is InChI=1S/C9H16N4O4S2/c1-7-9(5-11-12-7)19(16,17)13-4-2-3-8(6-13)18(10,14)15/h5,8H,2-4,6H2,1H3,(H,11,12)(H2,10,14,15). The van der Waals surface area contributed by atoms with Gasteiger partial charge in [-0.15, -0.1) is 0 Å². The van der Waals surface area contributed by atoms with Crippen molar-refractivity contribution in [3.63, 3.8) is 0 Å². The van der Waals surface area contributed by atoms with Crippen molar-refractivity contribution in [1.29, 1.82) is 0 Å². The lowest BCUT2D eigenvalue weighted by Crippen LogP contribution is -2.47. The molecule has 2 rings (SSSR count). The average Bonchev–Trinajstić information content (AvgIpc) is 2.75. The molecule has 1 unspecified atom stereocenters. The SMILES string of the molecule is Cc1[nH]ncc1S(=O)(=O)N1CCCC(S(N)(=O)=O)C1. The zero-order valence-corrected chi connectivity index (χ0v) is 12.0. The fourth-order valence-corrected chi connectivity index (χ4v) is 4.75. The van der Waals surface area contributed by atoms with Crippen molar-refractivity contribution in [2.24, 2.45) is 5.14 Å². The lowest BCUT2D eigenvalue weighted by molar-refractivity contribution is 0.346. The van der Waals surface area contributed by atoms with Crippen LogP contribution in [0.2, 0.25) is 0 Å². The Bertz CT molecular complexity index is 664. The summed E-state index contributed by atoms with van der Waals surface area (Å²) in [4.78, 5) is 0.0718. The van der Waals surface area contributed by atoms with E-state index in [0.29, 0.717) is 25.1 Å². The molecule has 0 spiro atoms. The molecule has 0 radical (unpaired) electrons. The second-order valence-electron chi connectivity index (χ2n) is 4.58. The number of H-pyrrole nitrogens is 1. The Morgan fingerprint density at radius 2 is 2.11 bits per heavy atom. The van der Waals surface area contributed by atoms with Crippen LogP contribution in [0.15, 0.2) is 11.1 Å². The van der Waals surface area contributed by atoms with Crippen molar-refractivity contribution in [3.05, 3.63) is 11.9 Å². The number of aromatic amines is 1. The minimum absolute atomic E-state index is 0.0718. The summed E-state index contributed by atoms with van der Waals surface area (Å²) in [7, 11) is -7.45. The number of piperidine rings is 1. The first kappa shape index (κ1) is 14.4. The molecule has 19 heavy (non-hydrogen) atoms. The van der Waals surface area contributed by atoms with Crippen molar-refractivity contribution < 1.29 is 16.8 Å². The molecule has 108 valence electrons. The Morgan fingerprint density at radius 1 is 1.42 bits per heavy atom. The number of hydrogen-bond donors (Lipinski definition) is 2. The summed E-state index contributed by atoms with van der Waals surface area (Å²) in [5.41, 5.74) is 0.428. The van der Waals surface area contributed by atoms with E-state index < -0.39 is 25.3 Å². The van der Waals surface area contributed by atoms with E-state index in [-0.39, 0.29) is 11.4 Å². The second-order valence-corrected chi connectivity index (χ2v) is 8.33. The highest BCUT2D eigenvalue weighted by molar-refractivity contribution is 7.90. The maximum absolute atomic E-state index is 12.4. The van der Waals surface area contributed by atoms with Gasteiger partial charge in [0.25, 0.3) is 0 Å². The molecule has 1 aliphatic rings. The third-order valence-corrected chi connectivity index (χ3v) is 6.50. The average molecular weight is 308 g/mol. The van der Waals surface area contributed by atoms with Gasteiger partial charge in [-0.2, -0.15) is 9.40 Å². The van der Waals surface area contributed by atoms with Crippen LogP contribution in [0.5, 0.6) is 0 Å². The second kappa shape index (κ2) is 4.85. The highest BCUT2D eigenvalue weighted by Gasteiger charge is 2.35. The van der Waals surface area contributed by atoms with Crippen LogP contribution >= 0.6 is 0 Å². The molecule has 0 bridgehead atoms. The number of hydrogen-bond acceptors (Lipinski definition) is 5. The predicted octanol–water partition coefficient (Wildman–Crippen LogP) is -0.840. The van der Waals surface area contributed by atoms with Crippen LogP contribution in [0, 0.1) is 6.92 Å². The number of rotatable bonds is 3. The summed E-state index contributed by atoms with van der Waals surface area (Å²) in [6.45, 7) is 1.78. The van der Waals surface area contributed by atoms with Crippen molar-refractivity contribution in [2.45, 2.75) is 29.9 Å². The number of primary sulfonamides is 1. The normalized spacial score (nSPS) is 22.5. The molecule has 0 saturated carbocycles. The molecular weight excluding hydrogens is 292 g/mol. The molecule has 0 amide bonds. The molecule has 1 aliphatic heterocycles. The van der Waals surface area contributed by atoms with Gasteiger partial charge in [-0.05, 0) is 19.8 Å². The molecule has 8 nitrogen and oxygen atoms in total. The van der Waals surface area contributed by atoms with Crippen LogP contribution in [0.4, 0.5) is 0 Å². The zero-order valence-electron chi connectivity index (χ0n) is 10.4. The van der Waals surface area contributed by atoms with Gasteiger partial charge >= 0.3 is 0 Å². The van der Waals surface area contributed by atoms with E-state index in [9.17, 15) is 16.8 Å². The number of nitrogens with zero attached hydrogens (tertiary/aromatic N) is 2. The Hall–Kier alpha value is -0.970. The van der Waals surface area contributed by atoms with E-state index in [1.165, 1.54) is 6.20 Å². The summed E-state index contributed by atoms with van der Waals surface area (Å²) in [5, 5.41) is 10.5. The van der Waals surface area contributed by atoms with Gasteiger partial charge in [0.05, 0.1) is 17.1 Å². The lowest BCUT2D eigenvalue weighted by Gasteiger charge is -2.30. The molecule has 10 heteroatoms. The van der Waals surface area contributed by atoms with Gasteiger partial charge in [-0.3, -0.25) is 5.10 Å². The van der Waals surface area contributed by atoms with E-state index in [4.69, 9.17) is 5.14 Å². The third-order valence-electron chi connectivity index (χ3n) is 3.21. The van der Waals surface area contributed by atoms with Crippen LogP contribution < -0.4 is 5.14 Å². The quantitative estimate of drug-likeness (QED) is 0.753. The highest BCUT2D eigenvalue weighted by Crippen LogP contribution is 2.23. The smallest absolute Gasteiger partial charge is 0.246 e. The van der Waals surface area contributed by atoms with Crippen LogP contribution in [-0.4, -0.2) is 49.7 Å². The molecule has 0 aromatic carbocycles. The predicted molar refractivity (Wildman–Crippen MR) is 68.2 cm³/mol. The number of nitrogens with two attached hydrogens (primary N) is 1.